The van der Waals surface area contributed by atoms with Gasteiger partial charge in [0.15, 0.2) is 0 Å². The van der Waals surface area contributed by atoms with E-state index in [1.807, 2.05) is 12.2 Å². The van der Waals surface area contributed by atoms with Crippen molar-refractivity contribution in [2.24, 2.45) is 0 Å². The summed E-state index contributed by atoms with van der Waals surface area (Å²) in [4.78, 5) is 4.81. The van der Waals surface area contributed by atoms with Crippen molar-refractivity contribution >= 4 is 50.4 Å². The third-order valence-electron chi connectivity index (χ3n) is 11.4. The number of hydrogen-bond acceptors (Lipinski definition) is 2. The number of nitrogens with zero attached hydrogens (tertiary/aromatic N) is 2. The fraction of sp³-hybridized carbons (Fsp3) is 0.0727. The van der Waals surface area contributed by atoms with E-state index in [1.54, 1.807) is 0 Å². The maximum Gasteiger partial charge on any atom is 0.0540 e. The lowest BCUT2D eigenvalue weighted by Crippen LogP contribution is -2.17. The molecule has 0 amide bonds. The standard InChI is InChI=1S/C55H42N2/c1-2-7-21-40(20-6-1)56(41-22-8-3-9-23-41)54-38-36-50(46-30-16-18-32-52(46)54)48-34-35-49(45-29-15-14-28-44(45)48)51-37-39-55(53-33-19-17-31-47(51)53)57(42-24-10-4-11-25-42)43-26-12-5-13-27-43/h1,3-12,15-26,29-39H,13-14,27-28H2. The highest BCUT2D eigenvalue weighted by atomic mass is 15.2. The second-order valence-electron chi connectivity index (χ2n) is 14.8. The predicted octanol–water partition coefficient (Wildman–Crippen LogP) is 15.0. The van der Waals surface area contributed by atoms with Crippen LogP contribution in [0.25, 0.3) is 49.9 Å². The molecule has 0 aliphatic heterocycles. The molecule has 272 valence electrons. The van der Waals surface area contributed by atoms with Crippen molar-refractivity contribution in [3.63, 3.8) is 0 Å². The van der Waals surface area contributed by atoms with Crippen LogP contribution >= 0.6 is 0 Å². The number of fused-ring (bicyclic) bond motifs is 3. The summed E-state index contributed by atoms with van der Waals surface area (Å²) in [7, 11) is 0. The van der Waals surface area contributed by atoms with Crippen molar-refractivity contribution in [3.05, 3.63) is 229 Å². The molecular weight excluding hydrogens is 689 g/mol. The lowest BCUT2D eigenvalue weighted by molar-refractivity contribution is 0.919. The zero-order chi connectivity index (χ0) is 38.0. The van der Waals surface area contributed by atoms with Gasteiger partial charge in [-0.15, -0.1) is 5.73 Å². The topological polar surface area (TPSA) is 6.48 Å². The zero-order valence-corrected chi connectivity index (χ0v) is 31.9. The number of rotatable bonds is 8. The fourth-order valence-electron chi connectivity index (χ4n) is 8.88. The van der Waals surface area contributed by atoms with E-state index in [-0.39, 0.29) is 0 Å². The number of anilines is 4. The number of allylic oxidation sites excluding steroid dienone is 9. The van der Waals surface area contributed by atoms with Gasteiger partial charge in [0.25, 0.3) is 0 Å². The Bertz CT molecular complexity index is 2880. The third-order valence-corrected chi connectivity index (χ3v) is 11.4. The van der Waals surface area contributed by atoms with Crippen molar-refractivity contribution in [3.8, 4) is 22.3 Å². The molecule has 3 aliphatic rings. The minimum absolute atomic E-state index is 0.998. The van der Waals surface area contributed by atoms with Gasteiger partial charge in [0.05, 0.1) is 11.4 Å². The summed E-state index contributed by atoms with van der Waals surface area (Å²) in [5.74, 6) is 0. The van der Waals surface area contributed by atoms with Gasteiger partial charge in [0.2, 0.25) is 0 Å². The Morgan fingerprint density at radius 1 is 0.421 bits per heavy atom. The smallest absolute Gasteiger partial charge is 0.0540 e. The molecule has 2 nitrogen and oxygen atoms in total. The molecule has 2 heteroatoms. The van der Waals surface area contributed by atoms with E-state index in [1.165, 1.54) is 72.0 Å². The molecule has 0 saturated heterocycles. The Hall–Kier alpha value is -7.12. The average Bonchev–Trinajstić information content (AvgIpc) is 3.57. The molecule has 0 bridgehead atoms. The molecule has 0 atom stereocenters. The summed E-state index contributed by atoms with van der Waals surface area (Å²) in [6.45, 7) is 0. The molecule has 0 spiro atoms. The number of para-hydroxylation sites is 2. The largest absolute Gasteiger partial charge is 0.314 e. The van der Waals surface area contributed by atoms with E-state index in [0.29, 0.717) is 0 Å². The highest BCUT2D eigenvalue weighted by Gasteiger charge is 2.24. The quantitative estimate of drug-likeness (QED) is 0.144. The average molecular weight is 731 g/mol. The van der Waals surface area contributed by atoms with Crippen LogP contribution in [0.15, 0.2) is 217 Å². The second-order valence-corrected chi connectivity index (χ2v) is 14.8. The molecule has 7 aromatic carbocycles. The Kier molecular flexibility index (Phi) is 9.16. The van der Waals surface area contributed by atoms with Crippen LogP contribution in [0.3, 0.4) is 0 Å². The SMILES string of the molecule is C1=CC=CC(N(c2ccccc2)c2ccc(-c3ccc(-c4ccc(N(C5=CC=CCC5)c5ccccc5)c5ccccc45)c4c3CCC=C4)c3ccccc23)=CC=1. The maximum absolute atomic E-state index is 3.23. The zero-order valence-electron chi connectivity index (χ0n) is 31.9. The summed E-state index contributed by atoms with van der Waals surface area (Å²) in [5, 5.41) is 4.97. The number of hydrogen-bond donors (Lipinski definition) is 0. The molecule has 0 heterocycles. The van der Waals surface area contributed by atoms with Crippen LogP contribution in [-0.4, -0.2) is 0 Å². The Morgan fingerprint density at radius 2 is 1.00 bits per heavy atom. The summed E-state index contributed by atoms with van der Waals surface area (Å²) < 4.78 is 0. The normalized spacial score (nSPS) is 14.3. The van der Waals surface area contributed by atoms with Crippen LogP contribution in [0.5, 0.6) is 0 Å². The Labute approximate surface area is 335 Å². The first-order valence-corrected chi connectivity index (χ1v) is 20.1. The van der Waals surface area contributed by atoms with E-state index in [4.69, 9.17) is 0 Å². The van der Waals surface area contributed by atoms with Crippen molar-refractivity contribution in [2.45, 2.75) is 25.7 Å². The summed E-state index contributed by atoms with van der Waals surface area (Å²) >= 11 is 0. The molecule has 0 unspecified atom stereocenters. The predicted molar refractivity (Wildman–Crippen MR) is 243 cm³/mol. The van der Waals surface area contributed by atoms with Gasteiger partial charge in [-0.25, -0.2) is 0 Å². The first kappa shape index (κ1) is 34.4. The molecule has 7 aromatic rings. The minimum atomic E-state index is 0.998. The molecule has 0 N–H and O–H groups in total. The van der Waals surface area contributed by atoms with Gasteiger partial charge in [-0.2, -0.15) is 0 Å². The van der Waals surface area contributed by atoms with E-state index in [0.717, 1.165) is 42.8 Å². The van der Waals surface area contributed by atoms with Crippen molar-refractivity contribution in [2.75, 3.05) is 9.80 Å². The summed E-state index contributed by atoms with van der Waals surface area (Å²) in [6.07, 6.45) is 25.8. The monoisotopic (exact) mass is 730 g/mol. The van der Waals surface area contributed by atoms with Crippen LogP contribution in [0.4, 0.5) is 22.7 Å². The minimum Gasteiger partial charge on any atom is -0.314 e. The fourth-order valence-corrected chi connectivity index (χ4v) is 8.88. The molecule has 0 radical (unpaired) electrons. The summed E-state index contributed by atoms with van der Waals surface area (Å²) in [5.41, 5.74) is 18.1. The van der Waals surface area contributed by atoms with Crippen molar-refractivity contribution in [1.82, 2.24) is 0 Å². The van der Waals surface area contributed by atoms with Gasteiger partial charge >= 0.3 is 0 Å². The molecule has 0 aromatic heterocycles. The van der Waals surface area contributed by atoms with Crippen LogP contribution in [0, 0.1) is 0 Å². The highest BCUT2D eigenvalue weighted by Crippen LogP contribution is 2.46. The van der Waals surface area contributed by atoms with Crippen molar-refractivity contribution < 1.29 is 0 Å². The van der Waals surface area contributed by atoms with Gasteiger partial charge in [-0.1, -0.05) is 140 Å². The highest BCUT2D eigenvalue weighted by molar-refractivity contribution is 6.09. The van der Waals surface area contributed by atoms with Gasteiger partial charge in [-0.05, 0) is 137 Å². The van der Waals surface area contributed by atoms with Crippen LogP contribution in [0.2, 0.25) is 0 Å². The van der Waals surface area contributed by atoms with E-state index in [2.05, 4.69) is 210 Å². The van der Waals surface area contributed by atoms with Gasteiger partial charge in [0.1, 0.15) is 0 Å². The summed E-state index contributed by atoms with van der Waals surface area (Å²) in [6, 6.07) is 53.4. The third kappa shape index (κ3) is 6.37. The van der Waals surface area contributed by atoms with Gasteiger partial charge in [0, 0.05) is 33.5 Å². The Balaban J connectivity index is 1.12. The first-order chi connectivity index (χ1) is 28.3. The first-order valence-electron chi connectivity index (χ1n) is 20.1. The van der Waals surface area contributed by atoms with Crippen molar-refractivity contribution in [1.29, 1.82) is 0 Å². The molecule has 57 heavy (non-hydrogen) atoms. The number of benzene rings is 7. The molecule has 3 aliphatic carbocycles. The lowest BCUT2D eigenvalue weighted by Gasteiger charge is -2.30. The van der Waals surface area contributed by atoms with Gasteiger partial charge in [-0.3, -0.25) is 0 Å². The van der Waals surface area contributed by atoms with Crippen LogP contribution < -0.4 is 9.80 Å². The molecule has 10 rings (SSSR count). The van der Waals surface area contributed by atoms with Crippen LogP contribution in [0.1, 0.15) is 30.4 Å². The lowest BCUT2D eigenvalue weighted by atomic mass is 9.82. The van der Waals surface area contributed by atoms with E-state index in [9.17, 15) is 0 Å². The van der Waals surface area contributed by atoms with E-state index >= 15 is 0 Å². The Morgan fingerprint density at radius 3 is 1.68 bits per heavy atom. The maximum atomic E-state index is 3.23. The second kappa shape index (κ2) is 15.2. The van der Waals surface area contributed by atoms with Gasteiger partial charge < -0.3 is 9.80 Å². The molecule has 0 fully saturated rings. The van der Waals surface area contributed by atoms with Crippen LogP contribution in [-0.2, 0) is 6.42 Å². The molecule has 0 saturated carbocycles. The van der Waals surface area contributed by atoms with E-state index < -0.39 is 0 Å². The molecular formula is C55H42N2.